The van der Waals surface area contributed by atoms with Gasteiger partial charge in [0.2, 0.25) is 0 Å². The van der Waals surface area contributed by atoms with Gasteiger partial charge in [0.05, 0.1) is 0 Å². The molecule has 0 spiro atoms. The number of benzene rings is 2. The van der Waals surface area contributed by atoms with Crippen molar-refractivity contribution in [2.45, 2.75) is 39.8 Å². The molecule has 2 aromatic carbocycles. The third kappa shape index (κ3) is 4.98. The maximum atomic E-state index is 12.9. The highest BCUT2D eigenvalue weighted by atomic mass is 19.1. The number of rotatable bonds is 6. The summed E-state index contributed by atoms with van der Waals surface area (Å²) in [5.74, 6) is 0.498. The highest BCUT2D eigenvalue weighted by Gasteiger charge is 2.05. The van der Waals surface area contributed by atoms with Crippen LogP contribution in [0.4, 0.5) is 4.39 Å². The molecule has 0 saturated carbocycles. The van der Waals surface area contributed by atoms with E-state index in [9.17, 15) is 4.39 Å². The van der Waals surface area contributed by atoms with E-state index in [0.29, 0.717) is 5.92 Å². The third-order valence-corrected chi connectivity index (χ3v) is 3.65. The molecule has 2 rings (SSSR count). The average Bonchev–Trinajstić information content (AvgIpc) is 2.46. The second kappa shape index (κ2) is 7.37. The molecule has 0 radical (unpaired) electrons. The zero-order valence-electron chi connectivity index (χ0n) is 13.1. The summed E-state index contributed by atoms with van der Waals surface area (Å²) in [5.41, 5.74) is 3.77. The lowest BCUT2D eigenvalue weighted by atomic mass is 10.00. The molecule has 0 aliphatic carbocycles. The number of hydrogen-bond acceptors (Lipinski definition) is 1. The third-order valence-electron chi connectivity index (χ3n) is 3.65. The Morgan fingerprint density at radius 3 is 2.00 bits per heavy atom. The van der Waals surface area contributed by atoms with Crippen molar-refractivity contribution in [2.24, 2.45) is 5.92 Å². The minimum absolute atomic E-state index is 0.187. The van der Waals surface area contributed by atoms with E-state index in [1.807, 2.05) is 12.1 Å². The first-order valence-electron chi connectivity index (χ1n) is 7.61. The Bertz CT molecular complexity index is 543. The van der Waals surface area contributed by atoms with Crippen LogP contribution in [0.3, 0.4) is 0 Å². The highest BCUT2D eigenvalue weighted by molar-refractivity contribution is 5.25. The summed E-state index contributed by atoms with van der Waals surface area (Å²) in [4.78, 5) is 0. The van der Waals surface area contributed by atoms with E-state index < -0.39 is 0 Å². The highest BCUT2D eigenvalue weighted by Crippen LogP contribution is 2.16. The van der Waals surface area contributed by atoms with E-state index in [2.05, 4.69) is 50.4 Å². The van der Waals surface area contributed by atoms with E-state index in [0.717, 1.165) is 18.5 Å². The summed E-state index contributed by atoms with van der Waals surface area (Å²) in [6, 6.07) is 15.7. The zero-order valence-corrected chi connectivity index (χ0v) is 13.1. The minimum atomic E-state index is -0.187. The van der Waals surface area contributed by atoms with E-state index in [1.54, 1.807) is 0 Å². The summed E-state index contributed by atoms with van der Waals surface area (Å²) in [7, 11) is 0. The van der Waals surface area contributed by atoms with E-state index in [1.165, 1.54) is 23.3 Å². The molecule has 1 unspecified atom stereocenters. The Kier molecular flexibility index (Phi) is 5.51. The second-order valence-corrected chi connectivity index (χ2v) is 6.07. The fraction of sp³-hybridized carbons (Fsp3) is 0.368. The van der Waals surface area contributed by atoms with Gasteiger partial charge in [-0.05, 0) is 48.1 Å². The Labute approximate surface area is 127 Å². The van der Waals surface area contributed by atoms with Crippen LogP contribution in [-0.2, 0) is 13.0 Å². The van der Waals surface area contributed by atoms with Gasteiger partial charge >= 0.3 is 0 Å². The van der Waals surface area contributed by atoms with E-state index >= 15 is 0 Å². The van der Waals surface area contributed by atoms with Crippen LogP contribution in [0.1, 0.15) is 43.5 Å². The molecular formula is C19H24FN. The molecule has 21 heavy (non-hydrogen) atoms. The molecular weight excluding hydrogens is 261 g/mol. The van der Waals surface area contributed by atoms with Crippen molar-refractivity contribution in [3.63, 3.8) is 0 Å². The van der Waals surface area contributed by atoms with Gasteiger partial charge in [-0.1, -0.05) is 50.2 Å². The molecule has 1 N–H and O–H groups in total. The second-order valence-electron chi connectivity index (χ2n) is 6.07. The first-order chi connectivity index (χ1) is 10.0. The quantitative estimate of drug-likeness (QED) is 0.798. The summed E-state index contributed by atoms with van der Waals surface area (Å²) >= 11 is 0. The molecule has 0 amide bonds. The van der Waals surface area contributed by atoms with Gasteiger partial charge in [-0.2, -0.15) is 0 Å². The Balaban J connectivity index is 1.90. The van der Waals surface area contributed by atoms with Crippen LogP contribution in [-0.4, -0.2) is 0 Å². The summed E-state index contributed by atoms with van der Waals surface area (Å²) in [6.45, 7) is 7.37. The molecule has 2 heteroatoms. The number of halogens is 1. The predicted octanol–water partition coefficient (Wildman–Crippen LogP) is 4.88. The molecule has 0 fully saturated rings. The van der Waals surface area contributed by atoms with Gasteiger partial charge in [-0.3, -0.25) is 0 Å². The molecule has 0 aliphatic heterocycles. The normalized spacial score (nSPS) is 12.6. The molecule has 112 valence electrons. The van der Waals surface area contributed by atoms with Crippen LogP contribution in [0.2, 0.25) is 0 Å². The van der Waals surface area contributed by atoms with Crippen molar-refractivity contribution in [3.05, 3.63) is 71.0 Å². The van der Waals surface area contributed by atoms with Gasteiger partial charge < -0.3 is 5.32 Å². The Morgan fingerprint density at radius 2 is 1.43 bits per heavy atom. The largest absolute Gasteiger partial charge is 0.306 e. The Hall–Kier alpha value is -1.67. The van der Waals surface area contributed by atoms with Crippen molar-refractivity contribution in [1.29, 1.82) is 0 Å². The zero-order chi connectivity index (χ0) is 15.2. The molecule has 2 aromatic rings. The summed E-state index contributed by atoms with van der Waals surface area (Å²) < 4.78 is 12.9. The molecule has 0 saturated heterocycles. The van der Waals surface area contributed by atoms with Crippen molar-refractivity contribution < 1.29 is 4.39 Å². The maximum absolute atomic E-state index is 12.9. The van der Waals surface area contributed by atoms with Crippen LogP contribution in [0.15, 0.2) is 48.5 Å². The molecule has 1 nitrogen and oxygen atoms in total. The lowest BCUT2D eigenvalue weighted by Crippen LogP contribution is -2.18. The molecule has 0 bridgehead atoms. The Morgan fingerprint density at radius 1 is 0.857 bits per heavy atom. The fourth-order valence-electron chi connectivity index (χ4n) is 2.40. The first-order valence-corrected chi connectivity index (χ1v) is 7.61. The molecule has 1 atom stereocenters. The molecule has 0 heterocycles. The SMILES string of the molecule is CC(C)Cc1ccc(C(C)NCc2ccc(F)cc2)cc1. The topological polar surface area (TPSA) is 12.0 Å². The van der Waals surface area contributed by atoms with E-state index in [4.69, 9.17) is 0 Å². The maximum Gasteiger partial charge on any atom is 0.123 e. The average molecular weight is 285 g/mol. The van der Waals surface area contributed by atoms with Crippen LogP contribution < -0.4 is 5.32 Å². The first kappa shape index (κ1) is 15.7. The minimum Gasteiger partial charge on any atom is -0.306 e. The van der Waals surface area contributed by atoms with Gasteiger partial charge in [0.1, 0.15) is 5.82 Å². The van der Waals surface area contributed by atoms with Crippen LogP contribution in [0.25, 0.3) is 0 Å². The number of hydrogen-bond donors (Lipinski definition) is 1. The standard InChI is InChI=1S/C19H24FN/c1-14(2)12-16-4-8-18(9-5-16)15(3)21-13-17-6-10-19(20)11-7-17/h4-11,14-15,21H,12-13H2,1-3H3. The van der Waals surface area contributed by atoms with Crippen molar-refractivity contribution in [2.75, 3.05) is 0 Å². The lowest BCUT2D eigenvalue weighted by Gasteiger charge is -2.15. The van der Waals surface area contributed by atoms with Gasteiger partial charge in [-0.25, -0.2) is 4.39 Å². The fourth-order valence-corrected chi connectivity index (χ4v) is 2.40. The lowest BCUT2D eigenvalue weighted by molar-refractivity contribution is 0.572. The smallest absolute Gasteiger partial charge is 0.123 e. The number of nitrogens with one attached hydrogen (secondary N) is 1. The van der Waals surface area contributed by atoms with Gasteiger partial charge in [-0.15, -0.1) is 0 Å². The predicted molar refractivity (Wildman–Crippen MR) is 86.6 cm³/mol. The van der Waals surface area contributed by atoms with Gasteiger partial charge in [0.25, 0.3) is 0 Å². The summed E-state index contributed by atoms with van der Waals surface area (Å²) in [5, 5.41) is 3.47. The van der Waals surface area contributed by atoms with Crippen LogP contribution >= 0.6 is 0 Å². The molecule has 0 aromatic heterocycles. The molecule has 0 aliphatic rings. The van der Waals surface area contributed by atoms with Crippen molar-refractivity contribution in [3.8, 4) is 0 Å². The van der Waals surface area contributed by atoms with Crippen molar-refractivity contribution in [1.82, 2.24) is 5.32 Å². The van der Waals surface area contributed by atoms with Gasteiger partial charge in [0, 0.05) is 12.6 Å². The van der Waals surface area contributed by atoms with Gasteiger partial charge in [0.15, 0.2) is 0 Å². The summed E-state index contributed by atoms with van der Waals surface area (Å²) in [6.07, 6.45) is 1.12. The van der Waals surface area contributed by atoms with E-state index in [-0.39, 0.29) is 11.9 Å². The van der Waals surface area contributed by atoms with Crippen LogP contribution in [0, 0.1) is 11.7 Å². The monoisotopic (exact) mass is 285 g/mol. The van der Waals surface area contributed by atoms with Crippen LogP contribution in [0.5, 0.6) is 0 Å². The van der Waals surface area contributed by atoms with Crippen molar-refractivity contribution >= 4 is 0 Å².